The van der Waals surface area contributed by atoms with Crippen molar-refractivity contribution in [3.8, 4) is 0 Å². The molecular weight excluding hydrogens is 216 g/mol. The fraction of sp³-hybridized carbons (Fsp3) is 0.417. The van der Waals surface area contributed by atoms with Crippen molar-refractivity contribution in [2.45, 2.75) is 0 Å². The third-order valence-corrected chi connectivity index (χ3v) is 2.93. The predicted molar refractivity (Wildman–Crippen MR) is 68.9 cm³/mol. The summed E-state index contributed by atoms with van der Waals surface area (Å²) in [6, 6.07) is 7.17. The summed E-state index contributed by atoms with van der Waals surface area (Å²) in [4.78, 5) is 16.0. The minimum atomic E-state index is -0.0521. The fourth-order valence-corrected chi connectivity index (χ4v) is 1.83. The number of carbonyl (C=O) groups excluding carboxylic acids is 1. The fourth-order valence-electron chi connectivity index (χ4n) is 1.83. The van der Waals surface area contributed by atoms with Crippen LogP contribution in [0.4, 0.5) is 16.2 Å². The van der Waals surface area contributed by atoms with Crippen LogP contribution in [0.5, 0.6) is 0 Å². The van der Waals surface area contributed by atoms with Gasteiger partial charge in [-0.1, -0.05) is 6.07 Å². The van der Waals surface area contributed by atoms with Crippen LogP contribution in [0.1, 0.15) is 0 Å². The monoisotopic (exact) mass is 234 g/mol. The molecule has 0 unspecified atom stereocenters. The number of hydrogen-bond acceptors (Lipinski definition) is 3. The van der Waals surface area contributed by atoms with Gasteiger partial charge in [0.1, 0.15) is 0 Å². The predicted octanol–water partition coefficient (Wildman–Crippen LogP) is 1.05. The molecule has 1 fully saturated rings. The van der Waals surface area contributed by atoms with Gasteiger partial charge in [0.2, 0.25) is 0 Å². The van der Waals surface area contributed by atoms with Crippen molar-refractivity contribution in [1.29, 1.82) is 0 Å². The molecule has 2 amide bonds. The van der Waals surface area contributed by atoms with E-state index in [0.29, 0.717) is 5.69 Å². The highest BCUT2D eigenvalue weighted by molar-refractivity contribution is 5.89. The first kappa shape index (κ1) is 11.7. The zero-order valence-electron chi connectivity index (χ0n) is 10.0. The van der Waals surface area contributed by atoms with E-state index in [2.05, 4.69) is 17.3 Å². The molecule has 0 radical (unpaired) electrons. The Labute approximate surface area is 101 Å². The van der Waals surface area contributed by atoms with Gasteiger partial charge in [-0.3, -0.25) is 0 Å². The highest BCUT2D eigenvalue weighted by atomic mass is 16.2. The van der Waals surface area contributed by atoms with Crippen molar-refractivity contribution < 1.29 is 4.79 Å². The molecule has 1 heterocycles. The van der Waals surface area contributed by atoms with E-state index >= 15 is 0 Å². The third-order valence-electron chi connectivity index (χ3n) is 2.93. The van der Waals surface area contributed by atoms with Crippen LogP contribution < -0.4 is 11.1 Å². The summed E-state index contributed by atoms with van der Waals surface area (Å²) in [5.74, 6) is 0. The Kier molecular flexibility index (Phi) is 3.49. The molecule has 1 aromatic carbocycles. The Bertz CT molecular complexity index is 399. The molecule has 0 atom stereocenters. The van der Waals surface area contributed by atoms with Gasteiger partial charge in [0.05, 0.1) is 0 Å². The summed E-state index contributed by atoms with van der Waals surface area (Å²) in [5, 5.41) is 2.86. The lowest BCUT2D eigenvalue weighted by Gasteiger charge is -2.32. The number of rotatable bonds is 1. The van der Waals surface area contributed by atoms with Crippen molar-refractivity contribution in [2.75, 3.05) is 44.3 Å². The Morgan fingerprint density at radius 3 is 2.65 bits per heavy atom. The van der Waals surface area contributed by atoms with Crippen LogP contribution in [0.25, 0.3) is 0 Å². The lowest BCUT2D eigenvalue weighted by atomic mass is 10.3. The van der Waals surface area contributed by atoms with Gasteiger partial charge in [-0.15, -0.1) is 0 Å². The molecule has 1 aromatic rings. The zero-order valence-corrected chi connectivity index (χ0v) is 10.0. The normalized spacial score (nSPS) is 16.9. The molecule has 17 heavy (non-hydrogen) atoms. The van der Waals surface area contributed by atoms with Gasteiger partial charge in [-0.25, -0.2) is 4.79 Å². The number of benzene rings is 1. The molecule has 0 saturated carbocycles. The number of hydrogen-bond donors (Lipinski definition) is 2. The van der Waals surface area contributed by atoms with Gasteiger partial charge in [-0.2, -0.15) is 0 Å². The molecule has 3 N–H and O–H groups in total. The van der Waals surface area contributed by atoms with Gasteiger partial charge < -0.3 is 20.9 Å². The van der Waals surface area contributed by atoms with E-state index in [1.165, 1.54) is 0 Å². The van der Waals surface area contributed by atoms with Crippen molar-refractivity contribution in [3.63, 3.8) is 0 Å². The van der Waals surface area contributed by atoms with Gasteiger partial charge >= 0.3 is 6.03 Å². The standard InChI is InChI=1S/C12H18N4O/c1-15-5-7-16(8-6-15)12(17)14-11-4-2-3-10(13)9-11/h2-4,9H,5-8,13H2,1H3,(H,14,17). The van der Waals surface area contributed by atoms with Crippen molar-refractivity contribution >= 4 is 17.4 Å². The van der Waals surface area contributed by atoms with Crippen molar-refractivity contribution in [2.24, 2.45) is 0 Å². The van der Waals surface area contributed by atoms with Crippen LogP contribution >= 0.6 is 0 Å². The number of anilines is 2. The topological polar surface area (TPSA) is 61.6 Å². The highest BCUT2D eigenvalue weighted by Crippen LogP contribution is 2.13. The number of nitrogen functional groups attached to an aromatic ring is 1. The quantitative estimate of drug-likeness (QED) is 0.714. The van der Waals surface area contributed by atoms with Gasteiger partial charge in [0.25, 0.3) is 0 Å². The maximum Gasteiger partial charge on any atom is 0.321 e. The minimum Gasteiger partial charge on any atom is -0.399 e. The first-order valence-electron chi connectivity index (χ1n) is 5.75. The molecule has 5 heteroatoms. The average Bonchev–Trinajstić information content (AvgIpc) is 2.29. The van der Waals surface area contributed by atoms with Gasteiger partial charge in [0, 0.05) is 37.6 Å². The van der Waals surface area contributed by atoms with E-state index in [1.807, 2.05) is 17.0 Å². The molecule has 0 aromatic heterocycles. The van der Waals surface area contributed by atoms with Crippen LogP contribution in [-0.4, -0.2) is 49.1 Å². The van der Waals surface area contributed by atoms with Crippen LogP contribution in [-0.2, 0) is 0 Å². The zero-order chi connectivity index (χ0) is 12.3. The number of likely N-dealkylation sites (N-methyl/N-ethyl adjacent to an activating group) is 1. The van der Waals surface area contributed by atoms with Crippen molar-refractivity contribution in [1.82, 2.24) is 9.80 Å². The Hall–Kier alpha value is -1.75. The van der Waals surface area contributed by atoms with Gasteiger partial charge in [0.15, 0.2) is 0 Å². The van der Waals surface area contributed by atoms with E-state index in [-0.39, 0.29) is 6.03 Å². The van der Waals surface area contributed by atoms with Crippen LogP contribution in [0.3, 0.4) is 0 Å². The van der Waals surface area contributed by atoms with E-state index in [1.54, 1.807) is 12.1 Å². The molecular formula is C12H18N4O. The maximum absolute atomic E-state index is 11.9. The highest BCUT2D eigenvalue weighted by Gasteiger charge is 2.18. The number of nitrogens with one attached hydrogen (secondary N) is 1. The van der Waals surface area contributed by atoms with E-state index in [9.17, 15) is 4.79 Å². The molecule has 1 saturated heterocycles. The second kappa shape index (κ2) is 5.05. The summed E-state index contributed by atoms with van der Waals surface area (Å²) in [7, 11) is 2.06. The van der Waals surface area contributed by atoms with E-state index in [4.69, 9.17) is 5.73 Å². The van der Waals surface area contributed by atoms with Crippen molar-refractivity contribution in [3.05, 3.63) is 24.3 Å². The maximum atomic E-state index is 11.9. The van der Waals surface area contributed by atoms with Crippen LogP contribution in [0.2, 0.25) is 0 Å². The molecule has 0 spiro atoms. The smallest absolute Gasteiger partial charge is 0.321 e. The second-order valence-electron chi connectivity index (χ2n) is 4.35. The second-order valence-corrected chi connectivity index (χ2v) is 4.35. The number of carbonyl (C=O) groups is 1. The summed E-state index contributed by atoms with van der Waals surface area (Å²) < 4.78 is 0. The minimum absolute atomic E-state index is 0.0521. The summed E-state index contributed by atoms with van der Waals surface area (Å²) in [6.07, 6.45) is 0. The summed E-state index contributed by atoms with van der Waals surface area (Å²) in [6.45, 7) is 3.38. The average molecular weight is 234 g/mol. The molecule has 92 valence electrons. The lowest BCUT2D eigenvalue weighted by molar-refractivity contribution is 0.164. The lowest BCUT2D eigenvalue weighted by Crippen LogP contribution is -2.48. The molecule has 5 nitrogen and oxygen atoms in total. The van der Waals surface area contributed by atoms with Crippen LogP contribution in [0.15, 0.2) is 24.3 Å². The number of amides is 2. The van der Waals surface area contributed by atoms with E-state index in [0.717, 1.165) is 31.9 Å². The number of nitrogens with two attached hydrogens (primary N) is 1. The number of urea groups is 1. The van der Waals surface area contributed by atoms with E-state index < -0.39 is 0 Å². The first-order chi connectivity index (χ1) is 8.15. The Morgan fingerprint density at radius 2 is 2.00 bits per heavy atom. The summed E-state index contributed by atoms with van der Waals surface area (Å²) in [5.41, 5.74) is 7.06. The number of nitrogens with zero attached hydrogens (tertiary/aromatic N) is 2. The van der Waals surface area contributed by atoms with Gasteiger partial charge in [-0.05, 0) is 25.2 Å². The molecule has 0 bridgehead atoms. The number of piperazine rings is 1. The molecule has 1 aliphatic heterocycles. The van der Waals surface area contributed by atoms with Crippen LogP contribution in [0, 0.1) is 0 Å². The summed E-state index contributed by atoms with van der Waals surface area (Å²) >= 11 is 0. The third kappa shape index (κ3) is 3.10. The molecule has 1 aliphatic rings. The Morgan fingerprint density at radius 1 is 1.29 bits per heavy atom. The first-order valence-corrected chi connectivity index (χ1v) is 5.75. The molecule has 2 rings (SSSR count). The molecule has 0 aliphatic carbocycles. The SMILES string of the molecule is CN1CCN(C(=O)Nc2cccc(N)c2)CC1. The Balaban J connectivity index is 1.93. The largest absolute Gasteiger partial charge is 0.399 e.